The molecule has 6 aliphatic rings. The van der Waals surface area contributed by atoms with Crippen molar-refractivity contribution in [2.45, 2.75) is 85.5 Å². The summed E-state index contributed by atoms with van der Waals surface area (Å²) in [5, 5.41) is 3.15. The maximum absolute atomic E-state index is 15.8. The molecule has 2 amide bonds. The Balaban J connectivity index is 0.896. The molecule has 1 aromatic heterocycles. The number of rotatable bonds is 10. The molecule has 4 saturated heterocycles. The van der Waals surface area contributed by atoms with Gasteiger partial charge in [0.05, 0.1) is 30.8 Å². The van der Waals surface area contributed by atoms with Crippen molar-refractivity contribution in [1.29, 1.82) is 0 Å². The highest BCUT2D eigenvalue weighted by atomic mass is 32.2. The molecule has 6 heterocycles. The van der Waals surface area contributed by atoms with E-state index in [0.29, 0.717) is 51.3 Å². The number of carbonyl (C=O) groups is 2. The lowest BCUT2D eigenvalue weighted by Gasteiger charge is -2.54. The average Bonchev–Trinajstić information content (AvgIpc) is 4.04. The number of aromatic nitrogens is 2. The summed E-state index contributed by atoms with van der Waals surface area (Å²) >= 11 is 0. The number of anilines is 1. The Kier molecular flexibility index (Phi) is 10.4. The lowest BCUT2D eigenvalue weighted by molar-refractivity contribution is -0.127. The Morgan fingerprint density at radius 2 is 1.81 bits per heavy atom. The molecule has 316 valence electrons. The third kappa shape index (κ3) is 6.93. The number of alkyl carbamates (subject to hydrolysis) is 1. The smallest absolute Gasteiger partial charge is 0.407 e. The van der Waals surface area contributed by atoms with Crippen molar-refractivity contribution in [2.75, 3.05) is 64.9 Å². The zero-order valence-electron chi connectivity index (χ0n) is 33.7. The summed E-state index contributed by atoms with van der Waals surface area (Å²) in [6.07, 6.45) is 10.1. The Labute approximate surface area is 344 Å². The summed E-state index contributed by atoms with van der Waals surface area (Å²) in [6, 6.07) is 8.93. The molecule has 1 unspecified atom stereocenters. The number of fused-ring (bicyclic) bond motifs is 5. The first-order chi connectivity index (χ1) is 28.4. The molecular weight excluding hydrogens is 781 g/mol. The van der Waals surface area contributed by atoms with E-state index >= 15 is 8.78 Å². The average molecular weight is 834 g/mol. The van der Waals surface area contributed by atoms with E-state index in [9.17, 15) is 18.0 Å². The van der Waals surface area contributed by atoms with Crippen molar-refractivity contribution in [2.24, 2.45) is 11.8 Å². The van der Waals surface area contributed by atoms with Crippen molar-refractivity contribution in [1.82, 2.24) is 29.0 Å². The summed E-state index contributed by atoms with van der Waals surface area (Å²) in [7, 11) is -0.889. The maximum Gasteiger partial charge on any atom is 0.407 e. The van der Waals surface area contributed by atoms with Crippen LogP contribution in [0.25, 0.3) is 0 Å². The fraction of sp³-hybridized carbons (Fsp3) is 0.558. The monoisotopic (exact) mass is 833 g/mol. The van der Waals surface area contributed by atoms with Crippen molar-refractivity contribution in [3.05, 3.63) is 90.0 Å². The van der Waals surface area contributed by atoms with Gasteiger partial charge in [0.1, 0.15) is 23.1 Å². The normalized spacial score (nSPS) is 28.1. The van der Waals surface area contributed by atoms with Crippen molar-refractivity contribution in [3.63, 3.8) is 0 Å². The van der Waals surface area contributed by atoms with E-state index in [-0.39, 0.29) is 53.1 Å². The summed E-state index contributed by atoms with van der Waals surface area (Å²) < 4.78 is 73.4. The van der Waals surface area contributed by atoms with Gasteiger partial charge in [-0.15, -0.1) is 0 Å². The van der Waals surface area contributed by atoms with Gasteiger partial charge in [-0.1, -0.05) is 19.1 Å². The SMILES string of the molecule is C=CC(=O)N1C[C@@H]2C[C@H]1CN2S(=O)(=O)c1ccc(N2CC(CN3CCC(C4([C@H]5CCC[C@@H]5NC(=O)OC)Cn5ccnc5Cc5cc(F)cc4c5)CC3)(OC)C2)c(F)c1. The number of likely N-dealkylation sites (tertiary alicyclic amines) is 2. The second kappa shape index (κ2) is 15.3. The van der Waals surface area contributed by atoms with Crippen LogP contribution in [0.5, 0.6) is 0 Å². The van der Waals surface area contributed by atoms with E-state index in [1.54, 1.807) is 30.2 Å². The quantitative estimate of drug-likeness (QED) is 0.298. The van der Waals surface area contributed by atoms with E-state index in [1.165, 1.54) is 23.6 Å². The molecule has 0 radical (unpaired) electrons. The molecule has 4 bridgehead atoms. The van der Waals surface area contributed by atoms with Gasteiger partial charge >= 0.3 is 6.09 Å². The zero-order chi connectivity index (χ0) is 41.3. The standard InChI is InChI=1S/C43H53F2N7O6S/c1-4-40(53)51-22-33-20-32(51)23-52(33)59(55,56)34-8-9-38(36(45)21-34)50-25-42(26-50,58-3)24-48-13-10-29(11-14-48)43(35-6-5-7-37(35)47-41(54)57-2)27-49-15-12-46-39(49)18-28-16-30(43)19-31(44)17-28/h4,8-9,12,15-17,19,21,29,32-33,35,37H,1,5-7,10-11,13-14,18,20,22-27H2,2-3H3,(H,47,54)/t32-,33-,35-,37-,43?/m0/s1. The minimum atomic E-state index is -3.96. The Bertz CT molecular complexity index is 2240. The van der Waals surface area contributed by atoms with Crippen LogP contribution in [0.2, 0.25) is 0 Å². The Hall–Kier alpha value is -4.38. The fourth-order valence-corrected chi connectivity index (χ4v) is 13.3. The maximum atomic E-state index is 15.8. The van der Waals surface area contributed by atoms with E-state index in [4.69, 9.17) is 9.47 Å². The highest BCUT2D eigenvalue weighted by Crippen LogP contribution is 2.53. The van der Waals surface area contributed by atoms with Gasteiger partial charge in [0.15, 0.2) is 0 Å². The van der Waals surface area contributed by atoms with Crippen LogP contribution in [0.4, 0.5) is 19.3 Å². The molecule has 1 aliphatic carbocycles. The number of sulfonamides is 1. The van der Waals surface area contributed by atoms with Gasteiger partial charge in [-0.25, -0.2) is 27.0 Å². The van der Waals surface area contributed by atoms with Crippen LogP contribution in [0.15, 0.2) is 66.3 Å². The summed E-state index contributed by atoms with van der Waals surface area (Å²) in [5.74, 6) is 0.0508. The first kappa shape index (κ1) is 40.0. The number of hydrogen-bond acceptors (Lipinski definition) is 9. The Morgan fingerprint density at radius 3 is 2.51 bits per heavy atom. The topological polar surface area (TPSA) is 130 Å². The molecule has 59 heavy (non-hydrogen) atoms. The van der Waals surface area contributed by atoms with E-state index in [0.717, 1.165) is 68.2 Å². The molecule has 16 heteroatoms. The van der Waals surface area contributed by atoms with Crippen LogP contribution in [0.3, 0.4) is 0 Å². The molecule has 3 aromatic rings. The van der Waals surface area contributed by atoms with Gasteiger partial charge < -0.3 is 34.1 Å². The van der Waals surface area contributed by atoms with E-state index in [2.05, 4.69) is 32.4 Å². The number of methoxy groups -OCH3 is 2. The summed E-state index contributed by atoms with van der Waals surface area (Å²) in [5.41, 5.74) is 1.17. The van der Waals surface area contributed by atoms with Crippen molar-refractivity contribution < 1.29 is 36.3 Å². The van der Waals surface area contributed by atoms with Crippen molar-refractivity contribution in [3.8, 4) is 0 Å². The molecule has 1 N–H and O–H groups in total. The van der Waals surface area contributed by atoms with Gasteiger partial charge in [0, 0.05) is 75.6 Å². The van der Waals surface area contributed by atoms with Gasteiger partial charge in [-0.3, -0.25) is 4.79 Å². The van der Waals surface area contributed by atoms with E-state index in [1.807, 2.05) is 17.3 Å². The molecule has 9 rings (SSSR count). The van der Waals surface area contributed by atoms with Crippen molar-refractivity contribution >= 4 is 27.7 Å². The van der Waals surface area contributed by atoms with Gasteiger partial charge in [0.2, 0.25) is 15.9 Å². The largest absolute Gasteiger partial charge is 0.453 e. The zero-order valence-corrected chi connectivity index (χ0v) is 34.5. The molecule has 13 nitrogen and oxygen atoms in total. The third-order valence-electron chi connectivity index (χ3n) is 14.5. The molecule has 0 spiro atoms. The predicted octanol–water partition coefficient (Wildman–Crippen LogP) is 4.31. The predicted molar refractivity (Wildman–Crippen MR) is 215 cm³/mol. The number of piperazine rings is 1. The minimum absolute atomic E-state index is 0.0479. The molecule has 5 fully saturated rings. The van der Waals surface area contributed by atoms with Crippen LogP contribution in [-0.2, 0) is 42.7 Å². The molecule has 5 aliphatic heterocycles. The number of nitrogens with zero attached hydrogens (tertiary/aromatic N) is 6. The van der Waals surface area contributed by atoms with Crippen LogP contribution in [-0.4, -0.2) is 128 Å². The number of nitrogens with one attached hydrogen (secondary N) is 1. The second-order valence-electron chi connectivity index (χ2n) is 17.5. The number of amides is 2. The summed E-state index contributed by atoms with van der Waals surface area (Å²) in [6.45, 7) is 7.77. The second-order valence-corrected chi connectivity index (χ2v) is 19.4. The van der Waals surface area contributed by atoms with Gasteiger partial charge in [-0.05, 0) is 105 Å². The molecule has 1 saturated carbocycles. The van der Waals surface area contributed by atoms with Gasteiger partial charge in [0.25, 0.3) is 0 Å². The number of piperidine rings is 1. The fourth-order valence-electron chi connectivity index (χ4n) is 11.7. The number of ether oxygens (including phenoxy) is 2. The number of hydrogen-bond donors (Lipinski definition) is 1. The number of halogens is 2. The minimum Gasteiger partial charge on any atom is -0.453 e. The third-order valence-corrected chi connectivity index (χ3v) is 16.4. The van der Waals surface area contributed by atoms with Crippen LogP contribution in [0.1, 0.15) is 55.5 Å². The first-order valence-corrected chi connectivity index (χ1v) is 22.2. The first-order valence-electron chi connectivity index (χ1n) is 20.8. The number of carbonyl (C=O) groups excluding carboxylic acids is 2. The lowest BCUT2D eigenvalue weighted by Crippen LogP contribution is -2.68. The Morgan fingerprint density at radius 1 is 1.02 bits per heavy atom. The molecule has 5 atom stereocenters. The van der Waals surface area contributed by atoms with Crippen LogP contribution >= 0.6 is 0 Å². The van der Waals surface area contributed by atoms with Gasteiger partial charge in [-0.2, -0.15) is 4.31 Å². The molecule has 2 aromatic carbocycles. The highest BCUT2D eigenvalue weighted by Gasteiger charge is 2.54. The lowest BCUT2D eigenvalue weighted by atomic mass is 9.57. The number of imidazole rings is 1. The highest BCUT2D eigenvalue weighted by molar-refractivity contribution is 7.89. The number of benzene rings is 2. The van der Waals surface area contributed by atoms with E-state index < -0.39 is 32.9 Å². The van der Waals surface area contributed by atoms with Crippen LogP contribution < -0.4 is 10.2 Å². The molecular formula is C43H53F2N7O6S. The summed E-state index contributed by atoms with van der Waals surface area (Å²) in [4.78, 5) is 35.4. The van der Waals surface area contributed by atoms with Crippen LogP contribution in [0, 0.1) is 23.5 Å².